The number of para-hydroxylation sites is 2. The number of carbonyl (C=O) groups excluding carboxylic acids is 1. The average Bonchev–Trinajstić information content (AvgIpc) is 3.21. The molecule has 1 aliphatic heterocycles. The number of aromatic nitrogens is 2. The van der Waals surface area contributed by atoms with Gasteiger partial charge in [-0.3, -0.25) is 13.9 Å². The van der Waals surface area contributed by atoms with E-state index in [-0.39, 0.29) is 17.6 Å². The third kappa shape index (κ3) is 3.11. The number of hydrogen-bond acceptors (Lipinski definition) is 3. The summed E-state index contributed by atoms with van der Waals surface area (Å²) in [4.78, 5) is 27.0. The number of carbonyl (C=O) groups is 1. The Labute approximate surface area is 142 Å². The Bertz CT molecular complexity index is 771. The molecule has 1 amide bonds. The lowest BCUT2D eigenvalue weighted by atomic mass is 10.2. The first kappa shape index (κ1) is 16.8. The van der Waals surface area contributed by atoms with Gasteiger partial charge in [0.1, 0.15) is 0 Å². The first-order chi connectivity index (χ1) is 11.6. The highest BCUT2D eigenvalue weighted by Gasteiger charge is 2.23. The van der Waals surface area contributed by atoms with Gasteiger partial charge < -0.3 is 10.2 Å². The highest BCUT2D eigenvalue weighted by molar-refractivity contribution is 5.78. The van der Waals surface area contributed by atoms with Crippen LogP contribution in [0.1, 0.15) is 26.2 Å². The average molecular weight is 330 g/mol. The Morgan fingerprint density at radius 3 is 2.50 bits per heavy atom. The Morgan fingerprint density at radius 1 is 1.25 bits per heavy atom. The first-order valence-electron chi connectivity index (χ1n) is 8.78. The number of rotatable bonds is 6. The maximum Gasteiger partial charge on any atom is 0.329 e. The second-order valence-electron chi connectivity index (χ2n) is 6.48. The van der Waals surface area contributed by atoms with E-state index in [0.29, 0.717) is 19.5 Å². The van der Waals surface area contributed by atoms with Crippen molar-refractivity contribution in [3.63, 3.8) is 0 Å². The number of amides is 1. The van der Waals surface area contributed by atoms with Crippen molar-refractivity contribution in [3.05, 3.63) is 34.7 Å². The molecule has 2 aromatic rings. The van der Waals surface area contributed by atoms with Crippen molar-refractivity contribution in [2.24, 2.45) is 0 Å². The van der Waals surface area contributed by atoms with Crippen molar-refractivity contribution >= 4 is 16.9 Å². The van der Waals surface area contributed by atoms with Crippen LogP contribution in [-0.2, 0) is 17.9 Å². The molecule has 0 radical (unpaired) electrons. The van der Waals surface area contributed by atoms with E-state index in [1.807, 2.05) is 40.8 Å². The van der Waals surface area contributed by atoms with Gasteiger partial charge in [0.2, 0.25) is 5.91 Å². The molecular formula is C18H26N4O2. The molecule has 6 heteroatoms. The molecular weight excluding hydrogens is 304 g/mol. The summed E-state index contributed by atoms with van der Waals surface area (Å²) >= 11 is 0. The fraction of sp³-hybridized carbons (Fsp3) is 0.556. The van der Waals surface area contributed by atoms with Crippen molar-refractivity contribution < 1.29 is 4.79 Å². The minimum atomic E-state index is -0.0176. The van der Waals surface area contributed by atoms with E-state index in [9.17, 15) is 9.59 Å². The smallest absolute Gasteiger partial charge is 0.329 e. The van der Waals surface area contributed by atoms with Gasteiger partial charge in [0.15, 0.2) is 0 Å². The summed E-state index contributed by atoms with van der Waals surface area (Å²) in [5.74, 6) is 0.0999. The van der Waals surface area contributed by atoms with Crippen LogP contribution in [0.2, 0.25) is 0 Å². The quantitative estimate of drug-likeness (QED) is 0.871. The largest absolute Gasteiger partial charge is 0.341 e. The van der Waals surface area contributed by atoms with E-state index in [2.05, 4.69) is 12.2 Å². The molecule has 130 valence electrons. The Morgan fingerprint density at radius 2 is 1.92 bits per heavy atom. The molecule has 1 N–H and O–H groups in total. The zero-order valence-corrected chi connectivity index (χ0v) is 14.5. The highest BCUT2D eigenvalue weighted by Crippen LogP contribution is 2.14. The summed E-state index contributed by atoms with van der Waals surface area (Å²) < 4.78 is 3.55. The number of nitrogens with one attached hydrogen (secondary N) is 1. The van der Waals surface area contributed by atoms with E-state index >= 15 is 0 Å². The lowest BCUT2D eigenvalue weighted by Crippen LogP contribution is -2.39. The van der Waals surface area contributed by atoms with E-state index in [1.54, 1.807) is 4.57 Å². The molecule has 1 unspecified atom stereocenters. The Kier molecular flexibility index (Phi) is 5.04. The van der Waals surface area contributed by atoms with Crippen molar-refractivity contribution in [1.82, 2.24) is 19.4 Å². The number of imidazole rings is 1. The molecule has 0 bridgehead atoms. The summed E-state index contributed by atoms with van der Waals surface area (Å²) in [6.45, 7) is 5.02. The predicted octanol–water partition coefficient (Wildman–Crippen LogP) is 1.42. The number of hydrogen-bond donors (Lipinski definition) is 1. The monoisotopic (exact) mass is 330 g/mol. The van der Waals surface area contributed by atoms with Crippen molar-refractivity contribution in [2.75, 3.05) is 20.1 Å². The van der Waals surface area contributed by atoms with Gasteiger partial charge in [-0.05, 0) is 31.5 Å². The number of fused-ring (bicyclic) bond motifs is 1. The first-order valence-corrected chi connectivity index (χ1v) is 8.78. The fourth-order valence-corrected chi connectivity index (χ4v) is 3.49. The highest BCUT2D eigenvalue weighted by atomic mass is 16.2. The van der Waals surface area contributed by atoms with Crippen LogP contribution in [0.3, 0.4) is 0 Å². The fourth-order valence-electron chi connectivity index (χ4n) is 3.49. The summed E-state index contributed by atoms with van der Waals surface area (Å²) in [5.41, 5.74) is 1.84. The molecule has 1 saturated heterocycles. The third-order valence-electron chi connectivity index (χ3n) is 4.90. The summed E-state index contributed by atoms with van der Waals surface area (Å²) in [6.07, 6.45) is 2.26. The van der Waals surface area contributed by atoms with Gasteiger partial charge in [-0.2, -0.15) is 0 Å². The van der Waals surface area contributed by atoms with Gasteiger partial charge >= 0.3 is 5.69 Å². The van der Waals surface area contributed by atoms with E-state index in [1.165, 1.54) is 0 Å². The SMILES string of the molecule is CCCn1c(=O)n(CCC(=O)N(C)C2CCNC2)c2ccccc21. The molecule has 1 atom stereocenters. The van der Waals surface area contributed by atoms with Crippen molar-refractivity contribution in [3.8, 4) is 0 Å². The Balaban J connectivity index is 1.79. The standard InChI is InChI=1S/C18H26N4O2/c1-3-11-21-15-6-4-5-7-16(15)22(18(21)24)12-9-17(23)20(2)14-8-10-19-13-14/h4-7,14,19H,3,8-13H2,1-2H3. The van der Waals surface area contributed by atoms with Crippen molar-refractivity contribution in [2.45, 2.75) is 45.3 Å². The van der Waals surface area contributed by atoms with Gasteiger partial charge in [0, 0.05) is 39.1 Å². The second kappa shape index (κ2) is 7.21. The van der Waals surface area contributed by atoms with Gasteiger partial charge in [-0.25, -0.2) is 4.79 Å². The van der Waals surface area contributed by atoms with Crippen LogP contribution in [0.4, 0.5) is 0 Å². The van der Waals surface area contributed by atoms with E-state index < -0.39 is 0 Å². The minimum Gasteiger partial charge on any atom is -0.341 e. The van der Waals surface area contributed by atoms with E-state index in [0.717, 1.165) is 37.0 Å². The lowest BCUT2D eigenvalue weighted by Gasteiger charge is -2.23. The molecule has 1 fully saturated rings. The molecule has 24 heavy (non-hydrogen) atoms. The van der Waals surface area contributed by atoms with Crippen LogP contribution in [-0.4, -0.2) is 46.1 Å². The minimum absolute atomic E-state index is 0.0176. The number of nitrogens with zero attached hydrogens (tertiary/aromatic N) is 3. The summed E-state index contributed by atoms with van der Waals surface area (Å²) in [7, 11) is 1.86. The zero-order chi connectivity index (χ0) is 17.1. The number of benzene rings is 1. The van der Waals surface area contributed by atoms with Crippen LogP contribution in [0.25, 0.3) is 11.0 Å². The number of likely N-dealkylation sites (N-methyl/N-ethyl adjacent to an activating group) is 1. The summed E-state index contributed by atoms with van der Waals surface area (Å²) in [6, 6.07) is 8.09. The second-order valence-corrected chi connectivity index (χ2v) is 6.48. The maximum absolute atomic E-state index is 12.7. The maximum atomic E-state index is 12.7. The van der Waals surface area contributed by atoms with Gasteiger partial charge in [-0.15, -0.1) is 0 Å². The van der Waals surface area contributed by atoms with Crippen LogP contribution in [0, 0.1) is 0 Å². The van der Waals surface area contributed by atoms with Crippen molar-refractivity contribution in [1.29, 1.82) is 0 Å². The topological polar surface area (TPSA) is 59.3 Å². The third-order valence-corrected chi connectivity index (χ3v) is 4.90. The van der Waals surface area contributed by atoms with Gasteiger partial charge in [0.05, 0.1) is 11.0 Å². The van der Waals surface area contributed by atoms with Crippen LogP contribution in [0.15, 0.2) is 29.1 Å². The van der Waals surface area contributed by atoms with E-state index in [4.69, 9.17) is 0 Å². The van der Waals surface area contributed by atoms with Crippen LogP contribution in [0.5, 0.6) is 0 Å². The van der Waals surface area contributed by atoms with Crippen LogP contribution < -0.4 is 11.0 Å². The molecule has 1 aromatic heterocycles. The molecule has 1 aromatic carbocycles. The molecule has 6 nitrogen and oxygen atoms in total. The molecule has 0 spiro atoms. The molecule has 3 rings (SSSR count). The normalized spacial score (nSPS) is 17.5. The zero-order valence-electron chi connectivity index (χ0n) is 14.5. The van der Waals surface area contributed by atoms with Gasteiger partial charge in [0.25, 0.3) is 0 Å². The molecule has 2 heterocycles. The van der Waals surface area contributed by atoms with Crippen LogP contribution >= 0.6 is 0 Å². The number of aryl methyl sites for hydroxylation is 2. The predicted molar refractivity (Wildman–Crippen MR) is 95.2 cm³/mol. The van der Waals surface area contributed by atoms with Gasteiger partial charge in [-0.1, -0.05) is 19.1 Å². The molecule has 0 saturated carbocycles. The molecule has 0 aliphatic carbocycles. The summed E-state index contributed by atoms with van der Waals surface area (Å²) in [5, 5.41) is 3.28. The molecule has 1 aliphatic rings. The lowest BCUT2D eigenvalue weighted by molar-refractivity contribution is -0.131. The Hall–Kier alpha value is -2.08.